The number of fused-ring (bicyclic) bond motifs is 1. The van der Waals surface area contributed by atoms with E-state index in [9.17, 15) is 0 Å². The molecule has 19 heavy (non-hydrogen) atoms. The maximum absolute atomic E-state index is 5.85. The highest BCUT2D eigenvalue weighted by molar-refractivity contribution is 9.10. The second-order valence-electron chi connectivity index (χ2n) is 4.40. The van der Waals surface area contributed by atoms with Crippen molar-refractivity contribution >= 4 is 37.4 Å². The van der Waals surface area contributed by atoms with Gasteiger partial charge in [0.1, 0.15) is 12.4 Å². The van der Waals surface area contributed by atoms with Crippen LogP contribution in [0.15, 0.2) is 53.0 Å². The number of aryl methyl sites for hydroxylation is 1. The van der Waals surface area contributed by atoms with E-state index in [2.05, 4.69) is 47.1 Å². The summed E-state index contributed by atoms with van der Waals surface area (Å²) < 4.78 is 8.31. The van der Waals surface area contributed by atoms with Crippen molar-refractivity contribution in [2.24, 2.45) is 0 Å². The molecule has 0 fully saturated rings. The van der Waals surface area contributed by atoms with Gasteiger partial charge in [-0.3, -0.25) is 0 Å². The maximum Gasteiger partial charge on any atom is 0.120 e. The number of hydrogen-bond acceptors (Lipinski definition) is 2. The molecule has 0 unspecified atom stereocenters. The number of ether oxygens (including phenoxy) is 1. The molecule has 1 heterocycles. The van der Waals surface area contributed by atoms with Crippen LogP contribution in [0, 0.1) is 6.92 Å². The lowest BCUT2D eigenvalue weighted by Gasteiger charge is -2.06. The number of halogens is 1. The Morgan fingerprint density at radius 2 is 1.89 bits per heavy atom. The van der Waals surface area contributed by atoms with Gasteiger partial charge in [-0.2, -0.15) is 0 Å². The largest absolute Gasteiger partial charge is 0.489 e. The van der Waals surface area contributed by atoms with E-state index in [4.69, 9.17) is 4.74 Å². The summed E-state index contributed by atoms with van der Waals surface area (Å²) in [6.45, 7) is 2.73. The van der Waals surface area contributed by atoms with Gasteiger partial charge < -0.3 is 4.74 Å². The molecule has 0 aliphatic heterocycles. The van der Waals surface area contributed by atoms with E-state index in [0.717, 1.165) is 5.75 Å². The molecule has 1 nitrogen and oxygen atoms in total. The summed E-state index contributed by atoms with van der Waals surface area (Å²) >= 11 is 5.44. The molecule has 0 aliphatic rings. The van der Waals surface area contributed by atoms with Crippen LogP contribution < -0.4 is 4.74 Å². The van der Waals surface area contributed by atoms with Crippen LogP contribution >= 0.6 is 27.3 Å². The molecule has 96 valence electrons. The third-order valence-electron chi connectivity index (χ3n) is 3.01. The molecule has 1 aromatic heterocycles. The number of rotatable bonds is 3. The number of benzene rings is 2. The monoisotopic (exact) mass is 332 g/mol. The summed E-state index contributed by atoms with van der Waals surface area (Å²) in [6, 6.07) is 16.5. The van der Waals surface area contributed by atoms with Crippen molar-refractivity contribution in [3.8, 4) is 5.75 Å². The van der Waals surface area contributed by atoms with Gasteiger partial charge in [-0.25, -0.2) is 0 Å². The minimum absolute atomic E-state index is 0.604. The highest BCUT2D eigenvalue weighted by Crippen LogP contribution is 2.36. The SMILES string of the molecule is Cc1sc2ccc(OCc3ccccc3)cc2c1Br. The zero-order valence-electron chi connectivity index (χ0n) is 10.5. The van der Waals surface area contributed by atoms with Gasteiger partial charge in [-0.15, -0.1) is 11.3 Å². The van der Waals surface area contributed by atoms with Gasteiger partial charge in [0.2, 0.25) is 0 Å². The molecule has 0 bridgehead atoms. The van der Waals surface area contributed by atoms with Gasteiger partial charge >= 0.3 is 0 Å². The predicted octanol–water partition coefficient (Wildman–Crippen LogP) is 5.55. The summed E-state index contributed by atoms with van der Waals surface area (Å²) in [6.07, 6.45) is 0. The van der Waals surface area contributed by atoms with Gasteiger partial charge in [0, 0.05) is 19.4 Å². The Morgan fingerprint density at radius 3 is 2.68 bits per heavy atom. The van der Waals surface area contributed by atoms with E-state index in [1.807, 2.05) is 24.3 Å². The fourth-order valence-corrected chi connectivity index (χ4v) is 3.64. The number of hydrogen-bond donors (Lipinski definition) is 0. The van der Waals surface area contributed by atoms with Crippen LogP contribution in [-0.4, -0.2) is 0 Å². The van der Waals surface area contributed by atoms with Crippen molar-refractivity contribution in [2.75, 3.05) is 0 Å². The topological polar surface area (TPSA) is 9.23 Å². The lowest BCUT2D eigenvalue weighted by atomic mass is 10.2. The second kappa shape index (κ2) is 5.35. The highest BCUT2D eigenvalue weighted by atomic mass is 79.9. The van der Waals surface area contributed by atoms with E-state index >= 15 is 0 Å². The molecule has 0 aliphatic carbocycles. The van der Waals surface area contributed by atoms with E-state index in [1.54, 1.807) is 11.3 Å². The zero-order chi connectivity index (χ0) is 13.2. The normalized spacial score (nSPS) is 10.8. The minimum atomic E-state index is 0.604. The average Bonchev–Trinajstić information content (AvgIpc) is 2.73. The Bertz CT molecular complexity index is 703. The molecule has 3 aromatic rings. The first-order valence-electron chi connectivity index (χ1n) is 6.09. The molecule has 0 spiro atoms. The van der Waals surface area contributed by atoms with Gasteiger partial charge in [-0.1, -0.05) is 30.3 Å². The van der Waals surface area contributed by atoms with Crippen molar-refractivity contribution in [2.45, 2.75) is 13.5 Å². The van der Waals surface area contributed by atoms with Crippen molar-refractivity contribution in [3.05, 3.63) is 63.4 Å². The highest BCUT2D eigenvalue weighted by Gasteiger charge is 2.07. The Labute approximate surface area is 125 Å². The fraction of sp³-hybridized carbons (Fsp3) is 0.125. The Hall–Kier alpha value is -1.32. The molecule has 3 rings (SSSR count). The number of thiophene rings is 1. The third-order valence-corrected chi connectivity index (χ3v) is 5.38. The standard InChI is InChI=1S/C16H13BrOS/c1-11-16(17)14-9-13(7-8-15(14)19-11)18-10-12-5-3-2-4-6-12/h2-9H,10H2,1H3. The quantitative estimate of drug-likeness (QED) is 0.610. The average molecular weight is 333 g/mol. The Morgan fingerprint density at radius 1 is 1.11 bits per heavy atom. The van der Waals surface area contributed by atoms with E-state index in [0.29, 0.717) is 6.61 Å². The lowest BCUT2D eigenvalue weighted by Crippen LogP contribution is -1.94. The third kappa shape index (κ3) is 2.67. The fourth-order valence-electron chi connectivity index (χ4n) is 2.00. The van der Waals surface area contributed by atoms with Crippen molar-refractivity contribution in [3.63, 3.8) is 0 Å². The molecule has 0 amide bonds. The minimum Gasteiger partial charge on any atom is -0.489 e. The molecule has 0 atom stereocenters. The summed E-state index contributed by atoms with van der Waals surface area (Å²) in [5.41, 5.74) is 1.18. The molecule has 0 N–H and O–H groups in total. The van der Waals surface area contributed by atoms with E-state index in [1.165, 1.54) is 25.0 Å². The maximum atomic E-state index is 5.85. The van der Waals surface area contributed by atoms with Gasteiger partial charge in [0.05, 0.1) is 0 Å². The molecule has 3 heteroatoms. The van der Waals surface area contributed by atoms with Gasteiger partial charge in [0.25, 0.3) is 0 Å². The van der Waals surface area contributed by atoms with E-state index < -0.39 is 0 Å². The predicted molar refractivity (Wildman–Crippen MR) is 85.0 cm³/mol. The van der Waals surface area contributed by atoms with Gasteiger partial charge in [0.15, 0.2) is 0 Å². The van der Waals surface area contributed by atoms with Crippen molar-refractivity contribution in [1.82, 2.24) is 0 Å². The van der Waals surface area contributed by atoms with Crippen LogP contribution in [0.5, 0.6) is 5.75 Å². The van der Waals surface area contributed by atoms with Crippen LogP contribution in [0.3, 0.4) is 0 Å². The molecular weight excluding hydrogens is 320 g/mol. The van der Waals surface area contributed by atoms with Crippen LogP contribution in [-0.2, 0) is 6.61 Å². The van der Waals surface area contributed by atoms with Crippen molar-refractivity contribution in [1.29, 1.82) is 0 Å². The zero-order valence-corrected chi connectivity index (χ0v) is 12.9. The van der Waals surface area contributed by atoms with Crippen molar-refractivity contribution < 1.29 is 4.74 Å². The van der Waals surface area contributed by atoms with Crippen LogP contribution in [0.1, 0.15) is 10.4 Å². The molecule has 0 radical (unpaired) electrons. The second-order valence-corrected chi connectivity index (χ2v) is 6.45. The molecule has 0 saturated carbocycles. The first kappa shape index (κ1) is 12.7. The van der Waals surface area contributed by atoms with Gasteiger partial charge in [-0.05, 0) is 46.6 Å². The lowest BCUT2D eigenvalue weighted by molar-refractivity contribution is 0.306. The van der Waals surface area contributed by atoms with Crippen LogP contribution in [0.2, 0.25) is 0 Å². The molecular formula is C16H13BrOS. The summed E-state index contributed by atoms with van der Waals surface area (Å²) in [5.74, 6) is 0.912. The van der Waals surface area contributed by atoms with Crippen LogP contribution in [0.25, 0.3) is 10.1 Å². The molecule has 0 saturated heterocycles. The van der Waals surface area contributed by atoms with Crippen LogP contribution in [0.4, 0.5) is 0 Å². The smallest absolute Gasteiger partial charge is 0.120 e. The Kier molecular flexibility index (Phi) is 3.58. The summed E-state index contributed by atoms with van der Waals surface area (Å²) in [7, 11) is 0. The first-order valence-corrected chi connectivity index (χ1v) is 7.70. The summed E-state index contributed by atoms with van der Waals surface area (Å²) in [5, 5.41) is 1.23. The Balaban J connectivity index is 1.83. The summed E-state index contributed by atoms with van der Waals surface area (Å²) in [4.78, 5) is 1.30. The first-order chi connectivity index (χ1) is 9.24. The molecule has 2 aromatic carbocycles. The van der Waals surface area contributed by atoms with E-state index in [-0.39, 0.29) is 0 Å².